The lowest BCUT2D eigenvalue weighted by atomic mass is 10.1. The highest BCUT2D eigenvalue weighted by atomic mass is 16.3. The first kappa shape index (κ1) is 15.8. The van der Waals surface area contributed by atoms with E-state index in [1.165, 1.54) is 0 Å². The van der Waals surface area contributed by atoms with E-state index in [1.54, 1.807) is 12.5 Å². The van der Waals surface area contributed by atoms with Crippen LogP contribution in [0.1, 0.15) is 35.0 Å². The third-order valence-electron chi connectivity index (χ3n) is 4.87. The molecule has 0 radical (unpaired) electrons. The Balaban J connectivity index is 1.46. The Labute approximate surface area is 146 Å². The van der Waals surface area contributed by atoms with Gasteiger partial charge in [-0.2, -0.15) is 0 Å². The number of rotatable bonds is 3. The Hall–Kier alpha value is -2.69. The summed E-state index contributed by atoms with van der Waals surface area (Å²) in [5, 5.41) is 1.02. The number of amides is 1. The largest absolute Gasteiger partial charge is 0.464 e. The highest BCUT2D eigenvalue weighted by Gasteiger charge is 2.29. The number of aryl methyl sites for hydroxylation is 2. The van der Waals surface area contributed by atoms with E-state index in [4.69, 9.17) is 4.42 Å². The molecule has 0 saturated carbocycles. The van der Waals surface area contributed by atoms with Gasteiger partial charge in [-0.25, -0.2) is 9.97 Å². The Morgan fingerprint density at radius 2 is 2.20 bits per heavy atom. The zero-order valence-corrected chi connectivity index (χ0v) is 14.5. The standard InChI is InChI=1S/C20H21N3O2/c1-13-3-4-17-16(12-25-18(17)9-13)10-19(24)23-8-6-15(11-23)20-21-7-5-14(2)22-20/h3-5,7,9,12,15H,6,8,10-11H2,1-2H3/t15-/m1/s1. The van der Waals surface area contributed by atoms with E-state index in [0.29, 0.717) is 13.0 Å². The minimum atomic E-state index is 0.137. The van der Waals surface area contributed by atoms with Gasteiger partial charge in [0.25, 0.3) is 0 Å². The van der Waals surface area contributed by atoms with Crippen molar-refractivity contribution in [1.82, 2.24) is 14.9 Å². The second kappa shape index (κ2) is 6.31. The molecule has 128 valence electrons. The van der Waals surface area contributed by atoms with Crippen LogP contribution in [0.3, 0.4) is 0 Å². The fourth-order valence-electron chi connectivity index (χ4n) is 3.46. The molecule has 1 amide bonds. The number of benzene rings is 1. The molecule has 3 heterocycles. The molecule has 25 heavy (non-hydrogen) atoms. The SMILES string of the molecule is Cc1ccc2c(CC(=O)N3CC[C@@H](c4nccc(C)n4)C3)coc2c1. The van der Waals surface area contributed by atoms with E-state index >= 15 is 0 Å². The summed E-state index contributed by atoms with van der Waals surface area (Å²) in [7, 11) is 0. The maximum absolute atomic E-state index is 12.7. The van der Waals surface area contributed by atoms with Crippen LogP contribution in [0.4, 0.5) is 0 Å². The molecule has 2 aromatic heterocycles. The average Bonchev–Trinajstić information content (AvgIpc) is 3.22. The Kier molecular flexibility index (Phi) is 3.99. The molecule has 0 aliphatic carbocycles. The molecule has 3 aromatic rings. The lowest BCUT2D eigenvalue weighted by Crippen LogP contribution is -2.30. The van der Waals surface area contributed by atoms with Crippen molar-refractivity contribution < 1.29 is 9.21 Å². The number of hydrogen-bond acceptors (Lipinski definition) is 4. The van der Waals surface area contributed by atoms with Crippen molar-refractivity contribution in [1.29, 1.82) is 0 Å². The van der Waals surface area contributed by atoms with Crippen LogP contribution in [0.2, 0.25) is 0 Å². The Morgan fingerprint density at radius 3 is 3.04 bits per heavy atom. The molecule has 0 N–H and O–H groups in total. The number of fused-ring (bicyclic) bond motifs is 1. The maximum Gasteiger partial charge on any atom is 0.227 e. The quantitative estimate of drug-likeness (QED) is 0.736. The number of carbonyl (C=O) groups is 1. The highest BCUT2D eigenvalue weighted by molar-refractivity contribution is 5.88. The predicted octanol–water partition coefficient (Wildman–Crippen LogP) is 3.40. The van der Waals surface area contributed by atoms with E-state index in [2.05, 4.69) is 9.97 Å². The van der Waals surface area contributed by atoms with E-state index < -0.39 is 0 Å². The fourth-order valence-corrected chi connectivity index (χ4v) is 3.46. The van der Waals surface area contributed by atoms with Gasteiger partial charge in [0.15, 0.2) is 0 Å². The van der Waals surface area contributed by atoms with Gasteiger partial charge in [-0.05, 0) is 38.0 Å². The monoisotopic (exact) mass is 335 g/mol. The molecule has 1 atom stereocenters. The molecule has 0 spiro atoms. The molecule has 5 nitrogen and oxygen atoms in total. The first-order valence-corrected chi connectivity index (χ1v) is 8.64. The third-order valence-corrected chi connectivity index (χ3v) is 4.87. The zero-order chi connectivity index (χ0) is 17.4. The molecular formula is C20H21N3O2. The van der Waals surface area contributed by atoms with Crippen LogP contribution < -0.4 is 0 Å². The molecule has 5 heteroatoms. The summed E-state index contributed by atoms with van der Waals surface area (Å²) in [5.74, 6) is 1.21. The Bertz CT molecular complexity index is 932. The fraction of sp³-hybridized carbons (Fsp3) is 0.350. The van der Waals surface area contributed by atoms with Crippen LogP contribution >= 0.6 is 0 Å². The molecule has 0 bridgehead atoms. The summed E-state index contributed by atoms with van der Waals surface area (Å²) in [6.07, 6.45) is 4.79. The molecule has 1 saturated heterocycles. The Morgan fingerprint density at radius 1 is 1.32 bits per heavy atom. The molecule has 1 fully saturated rings. The van der Waals surface area contributed by atoms with E-state index in [9.17, 15) is 4.79 Å². The number of aromatic nitrogens is 2. The van der Waals surface area contributed by atoms with Gasteiger partial charge in [0.05, 0.1) is 12.7 Å². The predicted molar refractivity (Wildman–Crippen MR) is 95.4 cm³/mol. The van der Waals surface area contributed by atoms with Crippen molar-refractivity contribution in [3.05, 3.63) is 59.4 Å². The van der Waals surface area contributed by atoms with Crippen LogP contribution in [0.15, 0.2) is 41.1 Å². The van der Waals surface area contributed by atoms with Gasteiger partial charge in [-0.1, -0.05) is 12.1 Å². The number of likely N-dealkylation sites (tertiary alicyclic amines) is 1. The average molecular weight is 335 g/mol. The summed E-state index contributed by atoms with van der Waals surface area (Å²) in [6.45, 7) is 5.45. The minimum absolute atomic E-state index is 0.137. The third kappa shape index (κ3) is 3.14. The number of furan rings is 1. The molecule has 0 unspecified atom stereocenters. The number of hydrogen-bond donors (Lipinski definition) is 0. The summed E-state index contributed by atoms with van der Waals surface area (Å²) in [4.78, 5) is 23.5. The van der Waals surface area contributed by atoms with Crippen LogP contribution in [-0.2, 0) is 11.2 Å². The van der Waals surface area contributed by atoms with Gasteiger partial charge < -0.3 is 9.32 Å². The van der Waals surface area contributed by atoms with Crippen molar-refractivity contribution in [3.63, 3.8) is 0 Å². The van der Waals surface area contributed by atoms with E-state index in [-0.39, 0.29) is 11.8 Å². The van der Waals surface area contributed by atoms with Crippen molar-refractivity contribution in [2.24, 2.45) is 0 Å². The smallest absolute Gasteiger partial charge is 0.227 e. The van der Waals surface area contributed by atoms with Crippen LogP contribution in [0, 0.1) is 13.8 Å². The maximum atomic E-state index is 12.7. The van der Waals surface area contributed by atoms with Crippen molar-refractivity contribution in [3.8, 4) is 0 Å². The first-order valence-electron chi connectivity index (χ1n) is 8.64. The van der Waals surface area contributed by atoms with Crippen molar-refractivity contribution in [2.75, 3.05) is 13.1 Å². The summed E-state index contributed by atoms with van der Waals surface area (Å²) in [5.41, 5.74) is 3.92. The second-order valence-corrected chi connectivity index (χ2v) is 6.82. The normalized spacial score (nSPS) is 17.4. The van der Waals surface area contributed by atoms with E-state index in [1.807, 2.05) is 43.0 Å². The molecular weight excluding hydrogens is 314 g/mol. The summed E-state index contributed by atoms with van der Waals surface area (Å²) in [6, 6.07) is 7.98. The van der Waals surface area contributed by atoms with Gasteiger partial charge in [0.1, 0.15) is 11.4 Å². The van der Waals surface area contributed by atoms with Gasteiger partial charge in [-0.3, -0.25) is 4.79 Å². The van der Waals surface area contributed by atoms with Crippen LogP contribution in [-0.4, -0.2) is 33.9 Å². The van der Waals surface area contributed by atoms with Crippen LogP contribution in [0.5, 0.6) is 0 Å². The van der Waals surface area contributed by atoms with Crippen LogP contribution in [0.25, 0.3) is 11.0 Å². The van der Waals surface area contributed by atoms with E-state index in [0.717, 1.165) is 46.6 Å². The highest BCUT2D eigenvalue weighted by Crippen LogP contribution is 2.27. The molecule has 4 rings (SSSR count). The number of nitrogens with zero attached hydrogens (tertiary/aromatic N) is 3. The van der Waals surface area contributed by atoms with Gasteiger partial charge in [0.2, 0.25) is 5.91 Å². The second-order valence-electron chi connectivity index (χ2n) is 6.82. The molecule has 1 aliphatic rings. The lowest BCUT2D eigenvalue weighted by molar-refractivity contribution is -0.129. The summed E-state index contributed by atoms with van der Waals surface area (Å²) < 4.78 is 5.61. The molecule has 1 aromatic carbocycles. The van der Waals surface area contributed by atoms with Gasteiger partial charge >= 0.3 is 0 Å². The summed E-state index contributed by atoms with van der Waals surface area (Å²) >= 11 is 0. The lowest BCUT2D eigenvalue weighted by Gasteiger charge is -2.16. The van der Waals surface area contributed by atoms with Gasteiger partial charge in [-0.15, -0.1) is 0 Å². The topological polar surface area (TPSA) is 59.2 Å². The number of carbonyl (C=O) groups excluding carboxylic acids is 1. The van der Waals surface area contributed by atoms with Crippen molar-refractivity contribution >= 4 is 16.9 Å². The van der Waals surface area contributed by atoms with Gasteiger partial charge in [0, 0.05) is 41.8 Å². The zero-order valence-electron chi connectivity index (χ0n) is 14.5. The first-order chi connectivity index (χ1) is 12.1. The van der Waals surface area contributed by atoms with Crippen molar-refractivity contribution in [2.45, 2.75) is 32.6 Å². The minimum Gasteiger partial charge on any atom is -0.464 e. The molecule has 1 aliphatic heterocycles.